The van der Waals surface area contributed by atoms with Crippen LogP contribution in [0, 0.1) is 0 Å². The summed E-state index contributed by atoms with van der Waals surface area (Å²) in [6.45, 7) is 0.892. The van der Waals surface area contributed by atoms with Gasteiger partial charge in [-0.3, -0.25) is 4.79 Å². The van der Waals surface area contributed by atoms with E-state index in [1.807, 2.05) is 30.3 Å². The molecule has 1 aromatic carbocycles. The van der Waals surface area contributed by atoms with Crippen molar-refractivity contribution in [3.8, 4) is 11.4 Å². The van der Waals surface area contributed by atoms with Crippen LogP contribution in [0.3, 0.4) is 0 Å². The van der Waals surface area contributed by atoms with Gasteiger partial charge in [-0.05, 0) is 30.9 Å². The van der Waals surface area contributed by atoms with Crippen LogP contribution < -0.4 is 5.32 Å². The van der Waals surface area contributed by atoms with Crippen LogP contribution in [0.25, 0.3) is 11.4 Å². The number of carbonyl (C=O) groups is 1. The highest BCUT2D eigenvalue weighted by molar-refractivity contribution is 5.75. The summed E-state index contributed by atoms with van der Waals surface area (Å²) in [5.74, 6) is 0.538. The van der Waals surface area contributed by atoms with Crippen molar-refractivity contribution in [1.82, 2.24) is 25.5 Å². The van der Waals surface area contributed by atoms with Crippen molar-refractivity contribution in [2.24, 2.45) is 0 Å². The van der Waals surface area contributed by atoms with Gasteiger partial charge in [-0.15, -0.1) is 10.2 Å². The van der Waals surface area contributed by atoms with Crippen molar-refractivity contribution in [3.63, 3.8) is 0 Å². The Morgan fingerprint density at radius 2 is 2.09 bits per heavy atom. The van der Waals surface area contributed by atoms with E-state index in [0.717, 1.165) is 24.8 Å². The predicted molar refractivity (Wildman–Crippen MR) is 84.3 cm³/mol. The Balaban J connectivity index is 1.40. The Morgan fingerprint density at radius 3 is 2.78 bits per heavy atom. The fraction of sp³-hybridized carbons (Fsp3) is 0.500. The lowest BCUT2D eigenvalue weighted by atomic mass is 9.80. The summed E-state index contributed by atoms with van der Waals surface area (Å²) in [5.41, 5.74) is 0.249. The maximum Gasteiger partial charge on any atom is 0.220 e. The highest BCUT2D eigenvalue weighted by Crippen LogP contribution is 2.30. The van der Waals surface area contributed by atoms with Crippen molar-refractivity contribution in [3.05, 3.63) is 30.3 Å². The molecule has 1 aliphatic carbocycles. The van der Waals surface area contributed by atoms with E-state index in [1.54, 1.807) is 0 Å². The van der Waals surface area contributed by atoms with E-state index < -0.39 is 5.60 Å². The smallest absolute Gasteiger partial charge is 0.220 e. The van der Waals surface area contributed by atoms with Gasteiger partial charge in [0.15, 0.2) is 0 Å². The van der Waals surface area contributed by atoms with Gasteiger partial charge in [0.25, 0.3) is 0 Å². The molecule has 2 aromatic rings. The van der Waals surface area contributed by atoms with Crippen LogP contribution >= 0.6 is 0 Å². The van der Waals surface area contributed by atoms with Gasteiger partial charge < -0.3 is 10.4 Å². The molecule has 0 radical (unpaired) electrons. The summed E-state index contributed by atoms with van der Waals surface area (Å²) in [4.78, 5) is 13.3. The van der Waals surface area contributed by atoms with Gasteiger partial charge in [0, 0.05) is 18.5 Å². The quantitative estimate of drug-likeness (QED) is 0.799. The molecule has 1 saturated carbocycles. The number of nitrogens with zero attached hydrogens (tertiary/aromatic N) is 4. The zero-order valence-corrected chi connectivity index (χ0v) is 13.0. The third-order valence-electron chi connectivity index (χ3n) is 4.15. The SMILES string of the molecule is O=C(CCCn1nnc(-c2ccccc2)n1)NCC1(O)CCC1. The summed E-state index contributed by atoms with van der Waals surface area (Å²) in [7, 11) is 0. The minimum Gasteiger partial charge on any atom is -0.388 e. The molecule has 1 fully saturated rings. The van der Waals surface area contributed by atoms with Crippen molar-refractivity contribution < 1.29 is 9.90 Å². The second kappa shape index (κ2) is 6.87. The van der Waals surface area contributed by atoms with E-state index in [9.17, 15) is 9.90 Å². The molecule has 2 N–H and O–H groups in total. The molecule has 1 heterocycles. The zero-order chi connectivity index (χ0) is 16.1. The number of carbonyl (C=O) groups excluding carboxylic acids is 1. The Morgan fingerprint density at radius 1 is 1.30 bits per heavy atom. The van der Waals surface area contributed by atoms with Gasteiger partial charge in [-0.1, -0.05) is 30.3 Å². The first-order valence-electron chi connectivity index (χ1n) is 7.97. The van der Waals surface area contributed by atoms with E-state index in [-0.39, 0.29) is 5.91 Å². The van der Waals surface area contributed by atoms with E-state index >= 15 is 0 Å². The van der Waals surface area contributed by atoms with Gasteiger partial charge in [0.1, 0.15) is 0 Å². The number of hydrogen-bond donors (Lipinski definition) is 2. The van der Waals surface area contributed by atoms with E-state index in [1.165, 1.54) is 4.80 Å². The molecule has 0 unspecified atom stereocenters. The van der Waals surface area contributed by atoms with Crippen LogP contribution in [-0.2, 0) is 11.3 Å². The number of rotatable bonds is 7. The first-order chi connectivity index (χ1) is 11.1. The summed E-state index contributed by atoms with van der Waals surface area (Å²) >= 11 is 0. The number of nitrogens with one attached hydrogen (secondary N) is 1. The Kier molecular flexibility index (Phi) is 4.66. The summed E-state index contributed by atoms with van der Waals surface area (Å²) < 4.78 is 0. The summed E-state index contributed by atoms with van der Waals surface area (Å²) in [6.07, 6.45) is 3.61. The Bertz CT molecular complexity index is 652. The molecule has 1 amide bonds. The minimum atomic E-state index is -0.673. The molecular weight excluding hydrogens is 294 g/mol. The third kappa shape index (κ3) is 4.13. The predicted octanol–water partition coefficient (Wildman–Crippen LogP) is 1.15. The number of hydrogen-bond acceptors (Lipinski definition) is 5. The Hall–Kier alpha value is -2.28. The lowest BCUT2D eigenvalue weighted by Gasteiger charge is -2.36. The van der Waals surface area contributed by atoms with Gasteiger partial charge in [-0.2, -0.15) is 4.80 Å². The molecule has 7 nitrogen and oxygen atoms in total. The van der Waals surface area contributed by atoms with Crippen molar-refractivity contribution in [2.45, 2.75) is 44.2 Å². The monoisotopic (exact) mass is 315 g/mol. The van der Waals surface area contributed by atoms with Crippen molar-refractivity contribution in [1.29, 1.82) is 0 Å². The van der Waals surface area contributed by atoms with Crippen LogP contribution in [0.4, 0.5) is 0 Å². The molecular formula is C16H21N5O2. The van der Waals surface area contributed by atoms with Gasteiger partial charge >= 0.3 is 0 Å². The molecule has 0 spiro atoms. The second-order valence-corrected chi connectivity index (χ2v) is 6.03. The number of tetrazole rings is 1. The average Bonchev–Trinajstić information content (AvgIpc) is 3.01. The minimum absolute atomic E-state index is 0.0475. The molecule has 0 atom stereocenters. The van der Waals surface area contributed by atoms with Gasteiger partial charge in [0.2, 0.25) is 11.7 Å². The fourth-order valence-corrected chi connectivity index (χ4v) is 2.53. The Labute approximate surface area is 134 Å². The van der Waals surface area contributed by atoms with Crippen molar-refractivity contribution >= 4 is 5.91 Å². The van der Waals surface area contributed by atoms with E-state index in [0.29, 0.717) is 31.8 Å². The number of aryl methyl sites for hydroxylation is 1. The largest absolute Gasteiger partial charge is 0.388 e. The molecule has 7 heteroatoms. The molecule has 0 saturated heterocycles. The topological polar surface area (TPSA) is 92.9 Å². The summed E-state index contributed by atoms with van der Waals surface area (Å²) in [6, 6.07) is 9.65. The number of benzene rings is 1. The molecule has 122 valence electrons. The maximum atomic E-state index is 11.8. The lowest BCUT2D eigenvalue weighted by Crippen LogP contribution is -2.47. The molecule has 23 heavy (non-hydrogen) atoms. The third-order valence-corrected chi connectivity index (χ3v) is 4.15. The number of amides is 1. The standard InChI is InChI=1S/C16H21N5O2/c22-14(17-12-16(23)9-5-10-16)8-4-11-21-19-15(18-20-21)13-6-2-1-3-7-13/h1-3,6-7,23H,4-5,8-12H2,(H,17,22). The molecule has 1 aliphatic rings. The van der Waals surface area contributed by atoms with Crippen LogP contribution in [0.5, 0.6) is 0 Å². The van der Waals surface area contributed by atoms with Crippen LogP contribution in [-0.4, -0.2) is 43.4 Å². The van der Waals surface area contributed by atoms with E-state index in [2.05, 4.69) is 20.7 Å². The van der Waals surface area contributed by atoms with Crippen LogP contribution in [0.2, 0.25) is 0 Å². The van der Waals surface area contributed by atoms with Gasteiger partial charge in [0.05, 0.1) is 12.1 Å². The average molecular weight is 315 g/mol. The van der Waals surface area contributed by atoms with Crippen LogP contribution in [0.1, 0.15) is 32.1 Å². The molecule has 0 aliphatic heterocycles. The second-order valence-electron chi connectivity index (χ2n) is 6.03. The van der Waals surface area contributed by atoms with Crippen LogP contribution in [0.15, 0.2) is 30.3 Å². The fourth-order valence-electron chi connectivity index (χ4n) is 2.53. The first kappa shape index (κ1) is 15.6. The normalized spacial score (nSPS) is 15.9. The number of aliphatic hydroxyl groups is 1. The number of aromatic nitrogens is 4. The highest BCUT2D eigenvalue weighted by Gasteiger charge is 2.34. The lowest BCUT2D eigenvalue weighted by molar-refractivity contribution is -0.123. The first-order valence-corrected chi connectivity index (χ1v) is 7.97. The molecule has 1 aromatic heterocycles. The summed E-state index contributed by atoms with van der Waals surface area (Å²) in [5, 5.41) is 25.0. The van der Waals surface area contributed by atoms with E-state index in [4.69, 9.17) is 0 Å². The molecule has 0 bridgehead atoms. The maximum absolute atomic E-state index is 11.8. The van der Waals surface area contributed by atoms with Gasteiger partial charge in [-0.25, -0.2) is 0 Å². The zero-order valence-electron chi connectivity index (χ0n) is 13.0. The van der Waals surface area contributed by atoms with Crippen molar-refractivity contribution in [2.75, 3.05) is 6.54 Å². The highest BCUT2D eigenvalue weighted by atomic mass is 16.3. The molecule has 3 rings (SSSR count).